The second-order valence-corrected chi connectivity index (χ2v) is 5.11. The fraction of sp³-hybridized carbons (Fsp3) is 0.533. The predicted octanol–water partition coefficient (Wildman–Crippen LogP) is 2.28. The molecular formula is C15H22N4O. The third kappa shape index (κ3) is 4.05. The van der Waals surface area contributed by atoms with E-state index in [2.05, 4.69) is 22.3 Å². The average Bonchev–Trinajstić information content (AvgIpc) is 2.80. The molecule has 0 fully saturated rings. The second-order valence-electron chi connectivity index (χ2n) is 5.11. The standard InChI is InChI=1S/C15H22N4O/c1-3-4-7-15(20)16-8-5-6-13-10-17-14-9-12(2)18-19(14)11-13/h9-11H,3-8H2,1-2H3,(H,16,20). The third-order valence-electron chi connectivity index (χ3n) is 3.21. The highest BCUT2D eigenvalue weighted by atomic mass is 16.1. The summed E-state index contributed by atoms with van der Waals surface area (Å²) in [5.74, 6) is 0.156. The molecule has 0 bridgehead atoms. The van der Waals surface area contributed by atoms with Gasteiger partial charge in [-0.25, -0.2) is 9.50 Å². The van der Waals surface area contributed by atoms with E-state index in [1.807, 2.05) is 29.9 Å². The van der Waals surface area contributed by atoms with Crippen molar-refractivity contribution in [2.45, 2.75) is 46.0 Å². The maximum atomic E-state index is 11.5. The summed E-state index contributed by atoms with van der Waals surface area (Å²) in [5.41, 5.74) is 2.99. The first-order valence-electron chi connectivity index (χ1n) is 7.26. The van der Waals surface area contributed by atoms with E-state index in [1.54, 1.807) is 0 Å². The zero-order valence-electron chi connectivity index (χ0n) is 12.2. The Hall–Kier alpha value is -1.91. The molecule has 2 aromatic heterocycles. The average molecular weight is 274 g/mol. The molecular weight excluding hydrogens is 252 g/mol. The van der Waals surface area contributed by atoms with Crippen molar-refractivity contribution in [3.05, 3.63) is 29.7 Å². The Morgan fingerprint density at radius 2 is 2.25 bits per heavy atom. The van der Waals surface area contributed by atoms with Crippen LogP contribution >= 0.6 is 0 Å². The van der Waals surface area contributed by atoms with Crippen LogP contribution in [-0.4, -0.2) is 27.0 Å². The Balaban J connectivity index is 1.76. The van der Waals surface area contributed by atoms with Crippen LogP contribution in [0.3, 0.4) is 0 Å². The number of nitrogens with zero attached hydrogens (tertiary/aromatic N) is 3. The zero-order chi connectivity index (χ0) is 14.4. The van der Waals surface area contributed by atoms with Crippen LogP contribution in [-0.2, 0) is 11.2 Å². The quantitative estimate of drug-likeness (QED) is 0.788. The van der Waals surface area contributed by atoms with E-state index in [0.717, 1.165) is 49.1 Å². The molecule has 0 aliphatic heterocycles. The maximum absolute atomic E-state index is 11.5. The monoisotopic (exact) mass is 274 g/mol. The summed E-state index contributed by atoms with van der Waals surface area (Å²) in [7, 11) is 0. The van der Waals surface area contributed by atoms with Gasteiger partial charge in [-0.3, -0.25) is 4.79 Å². The molecule has 2 heterocycles. The van der Waals surface area contributed by atoms with Crippen LogP contribution in [0.4, 0.5) is 0 Å². The van der Waals surface area contributed by atoms with Crippen molar-refractivity contribution in [3.63, 3.8) is 0 Å². The Bertz CT molecular complexity index is 576. The van der Waals surface area contributed by atoms with E-state index in [-0.39, 0.29) is 5.91 Å². The van der Waals surface area contributed by atoms with Gasteiger partial charge in [-0.15, -0.1) is 0 Å². The predicted molar refractivity (Wildman–Crippen MR) is 78.6 cm³/mol. The topological polar surface area (TPSA) is 59.3 Å². The highest BCUT2D eigenvalue weighted by Gasteiger charge is 2.02. The summed E-state index contributed by atoms with van der Waals surface area (Å²) in [5, 5.41) is 7.30. The molecule has 0 aromatic carbocycles. The minimum atomic E-state index is 0.156. The molecule has 5 heteroatoms. The number of unbranched alkanes of at least 4 members (excludes halogenated alkanes) is 1. The first-order chi connectivity index (χ1) is 9.69. The van der Waals surface area contributed by atoms with Gasteiger partial charge in [0.15, 0.2) is 5.65 Å². The second kappa shape index (κ2) is 7.03. The number of fused-ring (bicyclic) bond motifs is 1. The minimum Gasteiger partial charge on any atom is -0.356 e. The summed E-state index contributed by atoms with van der Waals surface area (Å²) in [4.78, 5) is 15.8. The van der Waals surface area contributed by atoms with Gasteiger partial charge in [0, 0.05) is 31.4 Å². The van der Waals surface area contributed by atoms with Crippen molar-refractivity contribution in [3.8, 4) is 0 Å². The molecule has 20 heavy (non-hydrogen) atoms. The number of nitrogens with one attached hydrogen (secondary N) is 1. The van der Waals surface area contributed by atoms with Crippen molar-refractivity contribution in [1.29, 1.82) is 0 Å². The smallest absolute Gasteiger partial charge is 0.219 e. The molecule has 0 saturated carbocycles. The van der Waals surface area contributed by atoms with E-state index >= 15 is 0 Å². The van der Waals surface area contributed by atoms with E-state index < -0.39 is 0 Å². The zero-order valence-corrected chi connectivity index (χ0v) is 12.2. The molecule has 2 aromatic rings. The molecule has 0 saturated heterocycles. The van der Waals surface area contributed by atoms with Crippen LogP contribution in [0.25, 0.3) is 5.65 Å². The Morgan fingerprint density at radius 3 is 3.05 bits per heavy atom. The molecule has 1 amide bonds. The first kappa shape index (κ1) is 14.5. The third-order valence-corrected chi connectivity index (χ3v) is 3.21. The van der Waals surface area contributed by atoms with Gasteiger partial charge in [0.25, 0.3) is 0 Å². The molecule has 0 radical (unpaired) electrons. The van der Waals surface area contributed by atoms with Crippen molar-refractivity contribution in [1.82, 2.24) is 19.9 Å². The summed E-state index contributed by atoms with van der Waals surface area (Å²) in [6.45, 7) is 4.77. The number of carbonyl (C=O) groups excluding carboxylic acids is 1. The number of hydrogen-bond donors (Lipinski definition) is 1. The van der Waals surface area contributed by atoms with Crippen LogP contribution in [0.5, 0.6) is 0 Å². The van der Waals surface area contributed by atoms with Crippen LogP contribution in [0.1, 0.15) is 43.9 Å². The molecule has 0 aliphatic carbocycles. The highest BCUT2D eigenvalue weighted by molar-refractivity contribution is 5.75. The Morgan fingerprint density at radius 1 is 1.40 bits per heavy atom. The van der Waals surface area contributed by atoms with Crippen LogP contribution in [0.2, 0.25) is 0 Å². The number of amides is 1. The molecule has 0 atom stereocenters. The van der Waals surface area contributed by atoms with Gasteiger partial charge in [0.2, 0.25) is 5.91 Å². The van der Waals surface area contributed by atoms with Gasteiger partial charge in [0.1, 0.15) is 0 Å². The van der Waals surface area contributed by atoms with Crippen LogP contribution in [0, 0.1) is 6.92 Å². The largest absolute Gasteiger partial charge is 0.356 e. The fourth-order valence-corrected chi connectivity index (χ4v) is 2.11. The lowest BCUT2D eigenvalue weighted by atomic mass is 10.2. The molecule has 0 unspecified atom stereocenters. The minimum absolute atomic E-state index is 0.156. The van der Waals surface area contributed by atoms with Crippen molar-refractivity contribution < 1.29 is 4.79 Å². The lowest BCUT2D eigenvalue weighted by molar-refractivity contribution is -0.121. The summed E-state index contributed by atoms with van der Waals surface area (Å²) < 4.78 is 1.81. The van der Waals surface area contributed by atoms with Crippen molar-refractivity contribution in [2.75, 3.05) is 6.54 Å². The lowest BCUT2D eigenvalue weighted by Crippen LogP contribution is -2.24. The molecule has 0 aliphatic rings. The first-order valence-corrected chi connectivity index (χ1v) is 7.26. The SMILES string of the molecule is CCCCC(=O)NCCCc1cnc2cc(C)nn2c1. The van der Waals surface area contributed by atoms with Gasteiger partial charge in [-0.2, -0.15) is 5.10 Å². The van der Waals surface area contributed by atoms with Crippen molar-refractivity contribution >= 4 is 11.6 Å². The van der Waals surface area contributed by atoms with Gasteiger partial charge in [-0.1, -0.05) is 13.3 Å². The van der Waals surface area contributed by atoms with E-state index in [9.17, 15) is 4.79 Å². The number of carbonyl (C=O) groups is 1. The van der Waals surface area contributed by atoms with Gasteiger partial charge >= 0.3 is 0 Å². The molecule has 108 valence electrons. The number of aromatic nitrogens is 3. The van der Waals surface area contributed by atoms with Gasteiger partial charge < -0.3 is 5.32 Å². The molecule has 0 spiro atoms. The Kier molecular flexibility index (Phi) is 5.09. The van der Waals surface area contributed by atoms with Gasteiger partial charge in [-0.05, 0) is 31.7 Å². The summed E-state index contributed by atoms with van der Waals surface area (Å²) >= 11 is 0. The number of rotatable bonds is 7. The molecule has 1 N–H and O–H groups in total. The lowest BCUT2D eigenvalue weighted by Gasteiger charge is -2.05. The number of hydrogen-bond acceptors (Lipinski definition) is 3. The molecule has 5 nitrogen and oxygen atoms in total. The van der Waals surface area contributed by atoms with E-state index in [4.69, 9.17) is 0 Å². The summed E-state index contributed by atoms with van der Waals surface area (Å²) in [6.07, 6.45) is 8.37. The van der Waals surface area contributed by atoms with E-state index in [1.165, 1.54) is 0 Å². The Labute approximate surface area is 119 Å². The number of aryl methyl sites for hydroxylation is 2. The fourth-order valence-electron chi connectivity index (χ4n) is 2.11. The van der Waals surface area contributed by atoms with Crippen LogP contribution in [0.15, 0.2) is 18.5 Å². The molecule has 2 rings (SSSR count). The highest BCUT2D eigenvalue weighted by Crippen LogP contribution is 2.06. The maximum Gasteiger partial charge on any atom is 0.219 e. The van der Waals surface area contributed by atoms with E-state index in [0.29, 0.717) is 6.42 Å². The normalized spacial score (nSPS) is 10.9. The van der Waals surface area contributed by atoms with Gasteiger partial charge in [0.05, 0.1) is 5.69 Å². The van der Waals surface area contributed by atoms with Crippen LogP contribution < -0.4 is 5.32 Å². The van der Waals surface area contributed by atoms with Crippen molar-refractivity contribution in [2.24, 2.45) is 0 Å². The summed E-state index contributed by atoms with van der Waals surface area (Å²) in [6, 6.07) is 1.96.